The van der Waals surface area contributed by atoms with Crippen molar-refractivity contribution < 1.29 is 75.8 Å². The molecule has 0 radical (unpaired) electrons. The van der Waals surface area contributed by atoms with Gasteiger partial charge >= 0.3 is 12.2 Å². The van der Waals surface area contributed by atoms with Crippen LogP contribution in [0.15, 0.2) is 109 Å². The number of alkyl halides is 6. The molecule has 5 aromatic rings. The fraction of sp³-hybridized carbons (Fsp3) is 0.403. The summed E-state index contributed by atoms with van der Waals surface area (Å²) in [5.74, 6) is 0.282. The van der Waals surface area contributed by atoms with Crippen LogP contribution in [0.3, 0.4) is 0 Å². The van der Waals surface area contributed by atoms with Crippen LogP contribution < -0.4 is 38.2 Å². The van der Waals surface area contributed by atoms with Gasteiger partial charge in [-0.3, -0.25) is 29.0 Å². The SMILES string of the molecule is COc1ccc(C2=CN3C(=O)c4cc(OC)c(OCCCOc5cc6c(cc5OC)C(=O)N5C=C(c7ccc(OCCOCCN8C(=O)c9ccccc9C8=O)cc7)CC5[C@@H](O[Si](C)(C)C(C)(C)C)N6C(=O)OCC(Cl)(Cl)Cl)cc4N(C(=O)OCC(Cl)(Cl)Cl)[C@H](C)C3C2)cc1. The fourth-order valence-electron chi connectivity index (χ4n) is 11.5. The summed E-state index contributed by atoms with van der Waals surface area (Å²) in [5.41, 5.74) is 4.40. The van der Waals surface area contributed by atoms with Crippen molar-refractivity contribution in [1.82, 2.24) is 14.7 Å². The number of imide groups is 1. The van der Waals surface area contributed by atoms with Gasteiger partial charge in [0.25, 0.3) is 23.6 Å². The molecule has 28 heteroatoms. The number of carbonyl (C=O) groups excluding carboxylic acids is 6. The highest BCUT2D eigenvalue weighted by atomic mass is 35.6. The van der Waals surface area contributed by atoms with Crippen molar-refractivity contribution in [2.45, 2.75) is 97.0 Å². The zero-order valence-electron chi connectivity index (χ0n) is 53.5. The number of hydrogen-bond acceptors (Lipinski definition) is 16. The second-order valence-corrected chi connectivity index (χ2v) is 34.3. The van der Waals surface area contributed by atoms with Crippen molar-refractivity contribution in [3.63, 3.8) is 0 Å². The Hall–Kier alpha value is -7.12. The Kier molecular flexibility index (Phi) is 21.5. The zero-order valence-corrected chi connectivity index (χ0v) is 59.1. The van der Waals surface area contributed by atoms with Gasteiger partial charge in [-0.1, -0.05) is 127 Å². The summed E-state index contributed by atoms with van der Waals surface area (Å²) in [6.07, 6.45) is 1.34. The molecule has 6 amide bonds. The normalized spacial score (nSPS) is 18.6. The first-order valence-electron chi connectivity index (χ1n) is 30.4. The zero-order chi connectivity index (χ0) is 68.5. The van der Waals surface area contributed by atoms with Crippen LogP contribution in [-0.4, -0.2) is 165 Å². The lowest BCUT2D eigenvalue weighted by Gasteiger charge is -2.44. The third-order valence-corrected chi connectivity index (χ3v) is 22.5. The number of amides is 6. The quantitative estimate of drug-likeness (QED) is 0.0273. The molecule has 0 N–H and O–H groups in total. The van der Waals surface area contributed by atoms with Gasteiger partial charge in [0.1, 0.15) is 31.3 Å². The summed E-state index contributed by atoms with van der Waals surface area (Å²) in [6.45, 7) is 11.4. The minimum absolute atomic E-state index is 0.00401. The molecule has 0 saturated carbocycles. The van der Waals surface area contributed by atoms with E-state index < -0.39 is 82.5 Å². The van der Waals surface area contributed by atoms with Crippen molar-refractivity contribution in [2.75, 3.05) is 83.9 Å². The first kappa shape index (κ1) is 70.7. The van der Waals surface area contributed by atoms with Gasteiger partial charge in [-0.15, -0.1) is 0 Å². The Morgan fingerprint density at radius 2 is 1.01 bits per heavy atom. The van der Waals surface area contributed by atoms with Crippen LogP contribution >= 0.6 is 69.6 Å². The molecule has 10 rings (SSSR count). The monoisotopic (exact) mass is 1440 g/mol. The highest BCUT2D eigenvalue weighted by molar-refractivity contribution is 6.74. The van der Waals surface area contributed by atoms with Crippen molar-refractivity contribution in [1.29, 1.82) is 0 Å². The Labute approximate surface area is 581 Å². The molecule has 0 saturated heterocycles. The summed E-state index contributed by atoms with van der Waals surface area (Å²) in [7, 11) is 1.55. The number of carbonyl (C=O) groups is 6. The van der Waals surface area contributed by atoms with Crippen molar-refractivity contribution in [2.24, 2.45) is 0 Å². The topological polar surface area (TPSA) is 211 Å². The molecule has 5 aliphatic heterocycles. The van der Waals surface area contributed by atoms with Crippen LogP contribution in [0, 0.1) is 0 Å². The highest BCUT2D eigenvalue weighted by Gasteiger charge is 2.52. The Morgan fingerprint density at radius 3 is 1.49 bits per heavy atom. The number of nitrogens with zero attached hydrogens (tertiary/aromatic N) is 5. The highest BCUT2D eigenvalue weighted by Crippen LogP contribution is 2.49. The molecule has 0 bridgehead atoms. The number of methoxy groups -OCH3 is 3. The number of anilines is 2. The summed E-state index contributed by atoms with van der Waals surface area (Å²) >= 11 is 36.7. The molecule has 506 valence electrons. The lowest BCUT2D eigenvalue weighted by atomic mass is 9.98. The maximum absolute atomic E-state index is 15.3. The first-order chi connectivity index (χ1) is 45.0. The molecule has 5 heterocycles. The van der Waals surface area contributed by atoms with E-state index in [-0.39, 0.29) is 110 Å². The Morgan fingerprint density at radius 1 is 0.537 bits per heavy atom. The molecule has 0 fully saturated rings. The molecule has 5 aliphatic rings. The minimum atomic E-state index is -2.87. The van der Waals surface area contributed by atoms with Gasteiger partial charge in [-0.2, -0.15) is 0 Å². The van der Waals surface area contributed by atoms with Crippen LogP contribution in [-0.2, 0) is 18.6 Å². The number of ether oxygens (including phenoxy) is 9. The van der Waals surface area contributed by atoms with E-state index in [1.807, 2.05) is 49.5 Å². The summed E-state index contributed by atoms with van der Waals surface area (Å²) in [6, 6.07) is 25.5. The number of hydrogen-bond donors (Lipinski definition) is 0. The molecule has 0 aromatic heterocycles. The van der Waals surface area contributed by atoms with Crippen molar-refractivity contribution >= 4 is 136 Å². The molecule has 0 aliphatic carbocycles. The third-order valence-electron chi connectivity index (χ3n) is 17.4. The third kappa shape index (κ3) is 15.5. The fourth-order valence-corrected chi connectivity index (χ4v) is 13.0. The predicted octanol–water partition coefficient (Wildman–Crippen LogP) is 14.2. The number of rotatable bonds is 22. The van der Waals surface area contributed by atoms with Gasteiger partial charge in [0.2, 0.25) is 7.59 Å². The first-order valence-corrected chi connectivity index (χ1v) is 35.6. The smallest absolute Gasteiger partial charge is 0.416 e. The van der Waals surface area contributed by atoms with Crippen LogP contribution in [0.5, 0.6) is 34.5 Å². The number of halogens is 6. The van der Waals surface area contributed by atoms with E-state index >= 15 is 4.79 Å². The number of fused-ring (bicyclic) bond motifs is 5. The van der Waals surface area contributed by atoms with Gasteiger partial charge < -0.3 is 56.9 Å². The van der Waals surface area contributed by atoms with E-state index in [0.717, 1.165) is 22.3 Å². The van der Waals surface area contributed by atoms with E-state index in [1.54, 1.807) is 72.6 Å². The Balaban J connectivity index is 0.879. The average molecular weight is 1440 g/mol. The standard InChI is InChI=1S/C67H71Cl6N5O16Si/c1-39-50-29-42(40-15-19-44(85-5)20-16-40)35-75(50)60(81)48-31-54(86-6)56(33-51(48)77(39)63(83)92-37-66(68,69)70)90-24-12-25-91-57-34-52-49(32-55(57)87-7)61(82)76-36-43(30-53(76)62(94-95(8,9)65(2,3)4)78(52)64(84)93-38-67(71,72)73)41-17-21-45(22-18-41)89-28-27-88-26-23-74-58(79)46-13-10-11-14-47(46)59(74)80/h10-11,13-22,31-36,39,50,53,62H,12,23-30,37-38H2,1-9H3/t39-,50?,53?,62-/m1/s1. The molecule has 2 unspecified atom stereocenters. The average Bonchev–Trinajstić information content (AvgIpc) is 1.49. The van der Waals surface area contributed by atoms with E-state index in [0.29, 0.717) is 29.0 Å². The molecule has 95 heavy (non-hydrogen) atoms. The minimum Gasteiger partial charge on any atom is -0.497 e. The van der Waals surface area contributed by atoms with Crippen LogP contribution in [0.25, 0.3) is 11.1 Å². The number of benzene rings is 5. The van der Waals surface area contributed by atoms with Crippen LogP contribution in [0.2, 0.25) is 18.1 Å². The molecular weight excluding hydrogens is 1370 g/mol. The lowest BCUT2D eigenvalue weighted by Crippen LogP contribution is -2.58. The maximum atomic E-state index is 15.3. The van der Waals surface area contributed by atoms with E-state index in [4.69, 9.17) is 117 Å². The van der Waals surface area contributed by atoms with Gasteiger partial charge in [-0.25, -0.2) is 14.5 Å². The maximum Gasteiger partial charge on any atom is 0.416 e. The predicted molar refractivity (Wildman–Crippen MR) is 364 cm³/mol. The second kappa shape index (κ2) is 28.9. The van der Waals surface area contributed by atoms with Crippen molar-refractivity contribution in [3.05, 3.63) is 143 Å². The Bertz CT molecular complexity index is 3790. The van der Waals surface area contributed by atoms with Crippen LogP contribution in [0.4, 0.5) is 21.0 Å². The van der Waals surface area contributed by atoms with Crippen LogP contribution in [0.1, 0.15) is 99.5 Å². The molecule has 4 atom stereocenters. The summed E-state index contributed by atoms with van der Waals surface area (Å²) in [5, 5.41) is -0.400. The van der Waals surface area contributed by atoms with E-state index in [2.05, 4.69) is 20.8 Å². The van der Waals surface area contributed by atoms with Crippen molar-refractivity contribution in [3.8, 4) is 34.5 Å². The lowest BCUT2D eigenvalue weighted by molar-refractivity contribution is 0.0527. The molecule has 5 aromatic carbocycles. The van der Waals surface area contributed by atoms with E-state index in [9.17, 15) is 24.0 Å². The molecule has 21 nitrogen and oxygen atoms in total. The molecule has 0 spiro atoms. The van der Waals surface area contributed by atoms with E-state index in [1.165, 1.54) is 53.2 Å². The second-order valence-electron chi connectivity index (χ2n) is 24.5. The van der Waals surface area contributed by atoms with Gasteiger partial charge in [0.15, 0.2) is 37.5 Å². The molecular formula is C67H71Cl6N5O16Si. The summed E-state index contributed by atoms with van der Waals surface area (Å²) in [4.78, 5) is 91.6. The van der Waals surface area contributed by atoms with Gasteiger partial charge in [0, 0.05) is 31.0 Å². The van der Waals surface area contributed by atoms with Gasteiger partial charge in [-0.05, 0) is 109 Å². The largest absolute Gasteiger partial charge is 0.497 e. The summed E-state index contributed by atoms with van der Waals surface area (Å²) < 4.78 is 56.2. The van der Waals surface area contributed by atoms with Gasteiger partial charge in [0.05, 0.1) is 106 Å².